The molecule has 2 aromatic rings. The van der Waals surface area contributed by atoms with Gasteiger partial charge in [0.25, 0.3) is 0 Å². The molecule has 0 bridgehead atoms. The van der Waals surface area contributed by atoms with Gasteiger partial charge in [-0.3, -0.25) is 0 Å². The van der Waals surface area contributed by atoms with Crippen LogP contribution in [0.5, 0.6) is 0 Å². The van der Waals surface area contributed by atoms with E-state index in [2.05, 4.69) is 0 Å². The molecular weight excluding hydrogens is 269 g/mol. The molecule has 2 N–H and O–H groups in total. The third-order valence-corrected chi connectivity index (χ3v) is 4.00. The van der Waals surface area contributed by atoms with Crippen molar-refractivity contribution >= 4 is 29.1 Å². The van der Waals surface area contributed by atoms with Crippen LogP contribution < -0.4 is 5.73 Å². The van der Waals surface area contributed by atoms with Gasteiger partial charge in [-0.1, -0.05) is 23.7 Å². The Hall–Kier alpha value is -1.19. The second-order valence-electron chi connectivity index (χ2n) is 4.08. The number of nitrogen functional groups attached to an aromatic ring is 1. The predicted molar refractivity (Wildman–Crippen MR) is 76.6 cm³/mol. The van der Waals surface area contributed by atoms with Gasteiger partial charge in [-0.15, -0.1) is 11.8 Å². The number of benzene rings is 2. The number of nitrogens with two attached hydrogens (primary N) is 1. The van der Waals surface area contributed by atoms with E-state index in [-0.39, 0.29) is 10.8 Å². The molecule has 0 amide bonds. The van der Waals surface area contributed by atoms with Crippen molar-refractivity contribution in [2.45, 2.75) is 17.6 Å². The quantitative estimate of drug-likeness (QED) is 0.654. The van der Waals surface area contributed by atoms with Gasteiger partial charge < -0.3 is 5.73 Å². The summed E-state index contributed by atoms with van der Waals surface area (Å²) in [5.41, 5.74) is 8.69. The third kappa shape index (κ3) is 3.18. The fourth-order valence-corrected chi connectivity index (χ4v) is 2.68. The molecule has 0 spiro atoms. The molecule has 0 saturated heterocycles. The number of aryl methyl sites for hydroxylation is 1. The van der Waals surface area contributed by atoms with Crippen LogP contribution in [-0.2, 0) is 5.75 Å². The van der Waals surface area contributed by atoms with Gasteiger partial charge in [0.05, 0.1) is 5.02 Å². The number of hydrogen-bond acceptors (Lipinski definition) is 2. The van der Waals surface area contributed by atoms with Crippen molar-refractivity contribution in [1.29, 1.82) is 0 Å². The van der Waals surface area contributed by atoms with Crippen LogP contribution >= 0.6 is 23.4 Å². The summed E-state index contributed by atoms with van der Waals surface area (Å²) in [4.78, 5) is 1.02. The van der Waals surface area contributed by atoms with Gasteiger partial charge in [0.15, 0.2) is 0 Å². The molecule has 2 rings (SSSR count). The monoisotopic (exact) mass is 281 g/mol. The number of rotatable bonds is 3. The van der Waals surface area contributed by atoms with Crippen LogP contribution in [-0.4, -0.2) is 0 Å². The van der Waals surface area contributed by atoms with Crippen LogP contribution in [0.4, 0.5) is 10.1 Å². The Morgan fingerprint density at radius 3 is 2.72 bits per heavy atom. The summed E-state index contributed by atoms with van der Waals surface area (Å²) >= 11 is 7.24. The molecule has 0 fully saturated rings. The van der Waals surface area contributed by atoms with E-state index in [9.17, 15) is 4.39 Å². The maximum atomic E-state index is 13.3. The third-order valence-electron chi connectivity index (χ3n) is 2.55. The van der Waals surface area contributed by atoms with Crippen LogP contribution in [0.15, 0.2) is 41.3 Å². The summed E-state index contributed by atoms with van der Waals surface area (Å²) in [6.45, 7) is 2.02. The minimum Gasteiger partial charge on any atom is -0.398 e. The molecule has 94 valence electrons. The van der Waals surface area contributed by atoms with Crippen molar-refractivity contribution in [2.75, 3.05) is 5.73 Å². The van der Waals surface area contributed by atoms with Crippen molar-refractivity contribution in [3.05, 3.63) is 58.4 Å². The highest BCUT2D eigenvalue weighted by Gasteiger charge is 2.04. The molecule has 0 aliphatic rings. The molecular formula is C14H13ClFNS. The van der Waals surface area contributed by atoms with Gasteiger partial charge in [0.2, 0.25) is 0 Å². The van der Waals surface area contributed by atoms with Crippen LogP contribution in [0.3, 0.4) is 0 Å². The van der Waals surface area contributed by atoms with E-state index in [1.54, 1.807) is 17.8 Å². The number of thioether (sulfide) groups is 1. The Kier molecular flexibility index (Phi) is 4.15. The molecule has 0 aliphatic heterocycles. The van der Waals surface area contributed by atoms with E-state index in [0.29, 0.717) is 5.75 Å². The maximum absolute atomic E-state index is 13.3. The lowest BCUT2D eigenvalue weighted by Crippen LogP contribution is -1.90. The largest absolute Gasteiger partial charge is 0.398 e. The molecule has 0 atom stereocenters. The Bertz CT molecular complexity index is 572. The minimum atomic E-state index is -0.382. The van der Waals surface area contributed by atoms with Gasteiger partial charge in [-0.25, -0.2) is 4.39 Å². The first-order valence-electron chi connectivity index (χ1n) is 5.49. The summed E-state index contributed by atoms with van der Waals surface area (Å²) < 4.78 is 13.3. The molecule has 0 unspecified atom stereocenters. The predicted octanol–water partition coefficient (Wildman–Crippen LogP) is 4.66. The second kappa shape index (κ2) is 5.63. The second-order valence-corrected chi connectivity index (χ2v) is 5.50. The maximum Gasteiger partial charge on any atom is 0.142 e. The van der Waals surface area contributed by atoms with E-state index < -0.39 is 0 Å². The fourth-order valence-electron chi connectivity index (χ4n) is 1.56. The molecule has 0 heterocycles. The highest BCUT2D eigenvalue weighted by atomic mass is 35.5. The van der Waals surface area contributed by atoms with E-state index in [1.165, 1.54) is 6.07 Å². The van der Waals surface area contributed by atoms with Crippen molar-refractivity contribution in [3.8, 4) is 0 Å². The molecule has 18 heavy (non-hydrogen) atoms. The van der Waals surface area contributed by atoms with Crippen LogP contribution in [0.25, 0.3) is 0 Å². The molecule has 1 nitrogen and oxygen atoms in total. The normalized spacial score (nSPS) is 10.6. The number of hydrogen-bond donors (Lipinski definition) is 1. The fraction of sp³-hybridized carbons (Fsp3) is 0.143. The van der Waals surface area contributed by atoms with Crippen molar-refractivity contribution in [2.24, 2.45) is 0 Å². The van der Waals surface area contributed by atoms with Gasteiger partial charge in [0, 0.05) is 16.3 Å². The molecule has 0 saturated carbocycles. The summed E-state index contributed by atoms with van der Waals surface area (Å²) in [6.07, 6.45) is 0. The van der Waals surface area contributed by atoms with E-state index in [0.717, 1.165) is 21.7 Å². The first-order chi connectivity index (χ1) is 8.56. The standard InChI is InChI=1S/C14H13ClFNS/c1-9-2-5-13(17)14(6-9)18-8-10-3-4-11(15)12(16)7-10/h2-7H,8,17H2,1H3. The highest BCUT2D eigenvalue weighted by molar-refractivity contribution is 7.98. The Morgan fingerprint density at radius 2 is 2.00 bits per heavy atom. The Morgan fingerprint density at radius 1 is 1.22 bits per heavy atom. The lowest BCUT2D eigenvalue weighted by Gasteiger charge is -2.07. The first-order valence-corrected chi connectivity index (χ1v) is 6.85. The van der Waals surface area contributed by atoms with Gasteiger partial charge in [0.1, 0.15) is 5.82 Å². The smallest absolute Gasteiger partial charge is 0.142 e. The lowest BCUT2D eigenvalue weighted by atomic mass is 10.2. The van der Waals surface area contributed by atoms with E-state index in [1.807, 2.05) is 31.2 Å². The van der Waals surface area contributed by atoms with Crippen LogP contribution in [0, 0.1) is 12.7 Å². The molecule has 4 heteroatoms. The summed E-state index contributed by atoms with van der Waals surface area (Å²) in [5, 5.41) is 0.152. The summed E-state index contributed by atoms with van der Waals surface area (Å²) in [5.74, 6) is 0.286. The van der Waals surface area contributed by atoms with Crippen LogP contribution in [0.1, 0.15) is 11.1 Å². The zero-order valence-corrected chi connectivity index (χ0v) is 11.5. The van der Waals surface area contributed by atoms with Crippen molar-refractivity contribution in [1.82, 2.24) is 0 Å². The number of halogens is 2. The molecule has 2 aromatic carbocycles. The Balaban J connectivity index is 2.11. The zero-order chi connectivity index (χ0) is 13.1. The first kappa shape index (κ1) is 13.2. The summed E-state index contributed by atoms with van der Waals surface area (Å²) in [7, 11) is 0. The van der Waals surface area contributed by atoms with E-state index >= 15 is 0 Å². The average molecular weight is 282 g/mol. The zero-order valence-electron chi connectivity index (χ0n) is 9.91. The molecule has 0 radical (unpaired) electrons. The topological polar surface area (TPSA) is 26.0 Å². The average Bonchev–Trinajstić information content (AvgIpc) is 2.34. The minimum absolute atomic E-state index is 0.152. The number of anilines is 1. The van der Waals surface area contributed by atoms with Gasteiger partial charge in [-0.2, -0.15) is 0 Å². The van der Waals surface area contributed by atoms with Gasteiger partial charge >= 0.3 is 0 Å². The molecule has 0 aliphatic carbocycles. The van der Waals surface area contributed by atoms with Gasteiger partial charge in [-0.05, 0) is 42.3 Å². The SMILES string of the molecule is Cc1ccc(N)c(SCc2ccc(Cl)c(F)c2)c1. The van der Waals surface area contributed by atoms with Crippen molar-refractivity contribution < 1.29 is 4.39 Å². The molecule has 0 aromatic heterocycles. The van der Waals surface area contributed by atoms with E-state index in [4.69, 9.17) is 17.3 Å². The lowest BCUT2D eigenvalue weighted by molar-refractivity contribution is 0.627. The Labute approximate surface area is 115 Å². The van der Waals surface area contributed by atoms with Crippen molar-refractivity contribution in [3.63, 3.8) is 0 Å². The summed E-state index contributed by atoms with van der Waals surface area (Å²) in [6, 6.07) is 10.8. The van der Waals surface area contributed by atoms with Crippen LogP contribution in [0.2, 0.25) is 5.02 Å². The highest BCUT2D eigenvalue weighted by Crippen LogP contribution is 2.29.